The smallest absolute Gasteiger partial charge is 0.324 e. The Morgan fingerprint density at radius 1 is 1.05 bits per heavy atom. The number of carbonyl (C=O) groups is 1. The highest BCUT2D eigenvalue weighted by Gasteiger charge is 2.45. The molecule has 4 heterocycles. The number of amides is 2. The van der Waals surface area contributed by atoms with Crippen LogP contribution in [0.4, 0.5) is 38.3 Å². The second-order valence-corrected chi connectivity index (χ2v) is 11.4. The fourth-order valence-electron chi connectivity index (χ4n) is 4.53. The highest BCUT2D eigenvalue weighted by atomic mass is 32.1. The molecule has 3 aromatic heterocycles. The molecule has 232 valence electrons. The summed E-state index contributed by atoms with van der Waals surface area (Å²) in [6.07, 6.45) is -8.18. The maximum atomic E-state index is 14.0. The van der Waals surface area contributed by atoms with Gasteiger partial charge in [-0.2, -0.15) is 0 Å². The van der Waals surface area contributed by atoms with Crippen LogP contribution in [0.2, 0.25) is 0 Å². The minimum absolute atomic E-state index is 0.00928. The van der Waals surface area contributed by atoms with E-state index in [0.29, 0.717) is 27.0 Å². The van der Waals surface area contributed by atoms with Gasteiger partial charge >= 0.3 is 6.03 Å². The molecule has 4 unspecified atom stereocenters. The second kappa shape index (κ2) is 11.7. The fourth-order valence-corrected chi connectivity index (χ4v) is 5.57. The predicted octanol–water partition coefficient (Wildman–Crippen LogP) is 6.95. The van der Waals surface area contributed by atoms with Crippen molar-refractivity contribution in [3.05, 3.63) is 60.5 Å². The molecule has 10 nitrogen and oxygen atoms in total. The van der Waals surface area contributed by atoms with Crippen molar-refractivity contribution >= 4 is 44.1 Å². The molecule has 0 aliphatic carbocycles. The van der Waals surface area contributed by atoms with Gasteiger partial charge in [0.2, 0.25) is 25.3 Å². The molecule has 0 bridgehead atoms. The number of aromatic nitrogens is 3. The van der Waals surface area contributed by atoms with Crippen LogP contribution in [0.25, 0.3) is 26.4 Å². The van der Waals surface area contributed by atoms with E-state index in [2.05, 4.69) is 20.5 Å². The molecule has 1 fully saturated rings. The summed E-state index contributed by atoms with van der Waals surface area (Å²) in [6.45, 7) is 2.04. The summed E-state index contributed by atoms with van der Waals surface area (Å²) in [4.78, 5) is 18.1. The average molecular weight is 637 g/mol. The number of nitrogens with one attached hydrogen (secondary N) is 2. The lowest BCUT2D eigenvalue weighted by molar-refractivity contribution is -0.292. The predicted molar refractivity (Wildman–Crippen MR) is 152 cm³/mol. The molecule has 4 atom stereocenters. The van der Waals surface area contributed by atoms with Crippen LogP contribution >= 0.6 is 11.3 Å². The Labute approximate surface area is 250 Å². The van der Waals surface area contributed by atoms with E-state index in [4.69, 9.17) is 14.2 Å². The third kappa shape index (κ3) is 6.05. The summed E-state index contributed by atoms with van der Waals surface area (Å²) in [5.74, 6) is 0.483. The van der Waals surface area contributed by atoms with E-state index in [-0.39, 0.29) is 24.7 Å². The summed E-state index contributed by atoms with van der Waals surface area (Å²) in [5, 5.41) is 8.80. The molecule has 44 heavy (non-hydrogen) atoms. The van der Waals surface area contributed by atoms with Crippen LogP contribution < -0.4 is 15.4 Å². The van der Waals surface area contributed by atoms with Gasteiger partial charge in [-0.25, -0.2) is 36.6 Å². The number of halogens is 5. The lowest BCUT2D eigenvalue weighted by Gasteiger charge is -2.36. The molecule has 1 aliphatic rings. The van der Waals surface area contributed by atoms with Crippen molar-refractivity contribution in [1.82, 2.24) is 19.4 Å². The van der Waals surface area contributed by atoms with Gasteiger partial charge in [-0.15, -0.1) is 0 Å². The first-order valence-electron chi connectivity index (χ1n) is 13.3. The number of hydrogen-bond donors (Lipinski definition) is 2. The van der Waals surface area contributed by atoms with Gasteiger partial charge in [0, 0.05) is 30.1 Å². The number of alkyl halides is 5. The van der Waals surface area contributed by atoms with E-state index >= 15 is 0 Å². The molecule has 1 saturated heterocycles. The van der Waals surface area contributed by atoms with Crippen LogP contribution in [0.3, 0.4) is 0 Å². The zero-order chi connectivity index (χ0) is 31.2. The average Bonchev–Trinajstić information content (AvgIpc) is 3.69. The van der Waals surface area contributed by atoms with Crippen LogP contribution in [0, 0.1) is 0 Å². The van der Waals surface area contributed by atoms with Gasteiger partial charge in [0.1, 0.15) is 12.4 Å². The van der Waals surface area contributed by atoms with Gasteiger partial charge in [-0.3, -0.25) is 9.72 Å². The van der Waals surface area contributed by atoms with Gasteiger partial charge in [0.15, 0.2) is 22.2 Å². The highest BCUT2D eigenvalue weighted by Crippen LogP contribution is 2.33. The van der Waals surface area contributed by atoms with Crippen LogP contribution in [0.1, 0.15) is 19.6 Å². The molecule has 16 heteroatoms. The molecular formula is C28H25F5N6O4S. The van der Waals surface area contributed by atoms with Gasteiger partial charge < -0.3 is 19.3 Å². The molecular weight excluding hydrogens is 611 g/mol. The number of imidazole rings is 1. The first-order chi connectivity index (χ1) is 21.0. The van der Waals surface area contributed by atoms with E-state index in [1.165, 1.54) is 31.3 Å². The Morgan fingerprint density at radius 3 is 2.45 bits per heavy atom. The van der Waals surface area contributed by atoms with Gasteiger partial charge in [0.05, 0.1) is 15.9 Å². The summed E-state index contributed by atoms with van der Waals surface area (Å²) >= 11 is 1.39. The minimum Gasteiger partial charge on any atom is -0.492 e. The number of fused-ring (bicyclic) bond motifs is 3. The SMILES string of the molecule is CC(C)(F)c1cc(NC(=O)Nc2ccc(-c3cn4c(n3)sc3cc(OCCN5C(F)C(F)OC(F)C5F)ccc34)cc2)no1. The number of anilines is 2. The molecule has 2 N–H and O–H groups in total. The maximum Gasteiger partial charge on any atom is 0.324 e. The van der Waals surface area contributed by atoms with E-state index < -0.39 is 37.0 Å². The molecule has 2 amide bonds. The zero-order valence-electron chi connectivity index (χ0n) is 23.1. The van der Waals surface area contributed by atoms with E-state index in [0.717, 1.165) is 15.8 Å². The van der Waals surface area contributed by atoms with Crippen molar-refractivity contribution in [3.8, 4) is 17.0 Å². The lowest BCUT2D eigenvalue weighted by atomic mass is 10.1. The summed E-state index contributed by atoms with van der Waals surface area (Å²) < 4.78 is 85.9. The molecule has 1 aliphatic heterocycles. The number of thiazole rings is 1. The van der Waals surface area contributed by atoms with Crippen molar-refractivity contribution in [2.24, 2.45) is 0 Å². The molecule has 5 aromatic rings. The largest absolute Gasteiger partial charge is 0.492 e. The molecule has 2 aromatic carbocycles. The third-order valence-corrected chi connectivity index (χ3v) is 7.80. The Kier molecular flexibility index (Phi) is 7.89. The van der Waals surface area contributed by atoms with Gasteiger partial charge in [0.25, 0.3) is 0 Å². The van der Waals surface area contributed by atoms with Crippen LogP contribution in [-0.4, -0.2) is 63.9 Å². The minimum atomic E-state index is -2.58. The number of benzene rings is 2. The highest BCUT2D eigenvalue weighted by molar-refractivity contribution is 7.23. The Bertz CT molecular complexity index is 1770. The number of urea groups is 1. The Balaban J connectivity index is 1.07. The van der Waals surface area contributed by atoms with Crippen molar-refractivity contribution < 1.29 is 40.7 Å². The van der Waals surface area contributed by atoms with Crippen molar-refractivity contribution in [3.63, 3.8) is 0 Å². The first-order valence-corrected chi connectivity index (χ1v) is 14.1. The lowest BCUT2D eigenvalue weighted by Crippen LogP contribution is -2.56. The fraction of sp³-hybridized carbons (Fsp3) is 0.321. The number of morpholine rings is 1. The number of carbonyl (C=O) groups excluding carboxylic acids is 1. The van der Waals surface area contributed by atoms with E-state index in [1.807, 2.05) is 10.6 Å². The van der Waals surface area contributed by atoms with Crippen molar-refractivity contribution in [2.75, 3.05) is 23.8 Å². The number of ether oxygens (including phenoxy) is 2. The quantitative estimate of drug-likeness (QED) is 0.140. The van der Waals surface area contributed by atoms with E-state index in [1.54, 1.807) is 42.5 Å². The molecule has 6 rings (SSSR count). The number of rotatable bonds is 8. The maximum absolute atomic E-state index is 14.0. The Hall–Kier alpha value is -4.28. The zero-order valence-corrected chi connectivity index (χ0v) is 24.0. The number of hydrogen-bond acceptors (Lipinski definition) is 8. The second-order valence-electron chi connectivity index (χ2n) is 10.4. The summed E-state index contributed by atoms with van der Waals surface area (Å²) in [7, 11) is 0. The normalized spacial score (nSPS) is 21.2. The topological polar surface area (TPSA) is 106 Å². The van der Waals surface area contributed by atoms with Gasteiger partial charge in [-0.1, -0.05) is 28.6 Å². The first kappa shape index (κ1) is 29.8. The molecule has 0 radical (unpaired) electrons. The molecule has 0 spiro atoms. The molecule has 0 saturated carbocycles. The van der Waals surface area contributed by atoms with Crippen molar-refractivity contribution in [2.45, 2.75) is 44.8 Å². The standard InChI is InChI=1S/C28H25F5N6O4S/c1-28(2,33)20-12-21(37-43-20)36-26(40)34-15-5-3-14(4-6-15)17-13-39-18-8-7-16(11-19(18)44-27(39)35-17)41-10-9-38-22(29)24(31)42-25(32)23(38)30/h3-8,11-13,22-25H,9-10H2,1-2H3,(H2,34,36,37,40). The monoisotopic (exact) mass is 636 g/mol. The summed E-state index contributed by atoms with van der Waals surface area (Å²) in [5.41, 5.74) is 1.12. The van der Waals surface area contributed by atoms with Crippen LogP contribution in [-0.2, 0) is 10.4 Å². The Morgan fingerprint density at radius 2 is 1.77 bits per heavy atom. The third-order valence-electron chi connectivity index (χ3n) is 6.79. The number of nitrogens with zero attached hydrogens (tertiary/aromatic N) is 4. The van der Waals surface area contributed by atoms with Crippen molar-refractivity contribution in [1.29, 1.82) is 0 Å². The van der Waals surface area contributed by atoms with Crippen LogP contribution in [0.5, 0.6) is 5.75 Å². The van der Waals surface area contributed by atoms with Crippen LogP contribution in [0.15, 0.2) is 59.3 Å². The van der Waals surface area contributed by atoms with E-state index in [9.17, 15) is 26.7 Å². The summed E-state index contributed by atoms with van der Waals surface area (Å²) in [6, 6.07) is 13.0. The van der Waals surface area contributed by atoms with Gasteiger partial charge in [-0.05, 0) is 44.2 Å².